The molecule has 0 saturated carbocycles. The van der Waals surface area contributed by atoms with Gasteiger partial charge in [-0.25, -0.2) is 4.98 Å². The summed E-state index contributed by atoms with van der Waals surface area (Å²) < 4.78 is 0. The first-order valence-electron chi connectivity index (χ1n) is 7.57. The predicted octanol–water partition coefficient (Wildman–Crippen LogP) is 4.52. The van der Waals surface area contributed by atoms with Gasteiger partial charge in [0.1, 0.15) is 0 Å². The van der Waals surface area contributed by atoms with Gasteiger partial charge in [-0.3, -0.25) is 4.90 Å². The van der Waals surface area contributed by atoms with E-state index in [-0.39, 0.29) is 0 Å². The Labute approximate surface area is 122 Å². The maximum atomic E-state index is 4.62. The summed E-state index contributed by atoms with van der Waals surface area (Å²) in [6, 6.07) is 5.08. The quantitative estimate of drug-likeness (QED) is 0.737. The van der Waals surface area contributed by atoms with E-state index < -0.39 is 0 Å². The van der Waals surface area contributed by atoms with Crippen molar-refractivity contribution in [3.63, 3.8) is 0 Å². The Bertz CT molecular complexity index is 373. The van der Waals surface area contributed by atoms with Gasteiger partial charge in [-0.05, 0) is 44.0 Å². The van der Waals surface area contributed by atoms with Crippen molar-refractivity contribution in [3.8, 4) is 0 Å². The second-order valence-electron chi connectivity index (χ2n) is 5.64. The fourth-order valence-corrected chi connectivity index (χ4v) is 3.57. The van der Waals surface area contributed by atoms with Gasteiger partial charge < -0.3 is 0 Å². The molecule has 0 radical (unpaired) electrons. The molecule has 0 aromatic carbocycles. The van der Waals surface area contributed by atoms with Crippen LogP contribution >= 0.6 is 11.8 Å². The second kappa shape index (κ2) is 7.30. The minimum atomic E-state index is 0.597. The second-order valence-corrected chi connectivity index (χ2v) is 7.24. The summed E-state index contributed by atoms with van der Waals surface area (Å²) in [5, 5.41) is 1.75. The van der Waals surface area contributed by atoms with Crippen molar-refractivity contribution in [2.45, 2.75) is 62.8 Å². The molecule has 3 heteroatoms. The summed E-state index contributed by atoms with van der Waals surface area (Å²) in [7, 11) is 0. The standard InChI is InChI=1S/C16H26N2S/c1-4-10-18-11-6-5-7-15(18)14-8-9-16(17-12-14)19-13(2)3/h8-9,12-13,15H,4-7,10-11H2,1-3H3. The van der Waals surface area contributed by atoms with Crippen molar-refractivity contribution in [2.75, 3.05) is 13.1 Å². The Hall–Kier alpha value is -0.540. The third-order valence-corrected chi connectivity index (χ3v) is 4.58. The first kappa shape index (κ1) is 14.9. The van der Waals surface area contributed by atoms with Gasteiger partial charge >= 0.3 is 0 Å². The largest absolute Gasteiger partial charge is 0.296 e. The predicted molar refractivity (Wildman–Crippen MR) is 83.7 cm³/mol. The molecule has 1 aliphatic heterocycles. The molecule has 19 heavy (non-hydrogen) atoms. The Morgan fingerprint density at radius 1 is 1.37 bits per heavy atom. The summed E-state index contributed by atoms with van der Waals surface area (Å²) in [6.07, 6.45) is 7.34. The Morgan fingerprint density at radius 2 is 2.21 bits per heavy atom. The van der Waals surface area contributed by atoms with Crippen molar-refractivity contribution >= 4 is 11.8 Å². The number of nitrogens with zero attached hydrogens (tertiary/aromatic N) is 2. The first-order valence-corrected chi connectivity index (χ1v) is 8.45. The average Bonchev–Trinajstić information content (AvgIpc) is 2.40. The molecule has 2 heterocycles. The fourth-order valence-electron chi connectivity index (χ4n) is 2.82. The lowest BCUT2D eigenvalue weighted by molar-refractivity contribution is 0.148. The van der Waals surface area contributed by atoms with Crippen molar-refractivity contribution in [3.05, 3.63) is 23.9 Å². The lowest BCUT2D eigenvalue weighted by Crippen LogP contribution is -2.34. The van der Waals surface area contributed by atoms with Gasteiger partial charge in [0.15, 0.2) is 0 Å². The van der Waals surface area contributed by atoms with E-state index >= 15 is 0 Å². The molecule has 0 bridgehead atoms. The number of rotatable bonds is 5. The maximum Gasteiger partial charge on any atom is 0.0962 e. The zero-order valence-corrected chi connectivity index (χ0v) is 13.2. The highest BCUT2D eigenvalue weighted by Gasteiger charge is 2.23. The van der Waals surface area contributed by atoms with E-state index in [1.54, 1.807) is 0 Å². The van der Waals surface area contributed by atoms with Crippen molar-refractivity contribution in [2.24, 2.45) is 0 Å². The zero-order valence-electron chi connectivity index (χ0n) is 12.4. The Morgan fingerprint density at radius 3 is 2.84 bits per heavy atom. The highest BCUT2D eigenvalue weighted by Crippen LogP contribution is 2.31. The molecule has 1 atom stereocenters. The molecule has 1 saturated heterocycles. The van der Waals surface area contributed by atoms with E-state index in [9.17, 15) is 0 Å². The molecule has 1 aliphatic rings. The number of thioether (sulfide) groups is 1. The van der Waals surface area contributed by atoms with Crippen molar-refractivity contribution in [1.29, 1.82) is 0 Å². The highest BCUT2D eigenvalue weighted by molar-refractivity contribution is 7.99. The lowest BCUT2D eigenvalue weighted by Gasteiger charge is -2.35. The minimum absolute atomic E-state index is 0.597. The Balaban J connectivity index is 2.06. The molecule has 2 nitrogen and oxygen atoms in total. The third kappa shape index (κ3) is 4.22. The van der Waals surface area contributed by atoms with Crippen LogP contribution in [0.5, 0.6) is 0 Å². The molecule has 1 fully saturated rings. The van der Waals surface area contributed by atoms with Gasteiger partial charge in [-0.15, -0.1) is 11.8 Å². The first-order chi connectivity index (χ1) is 9.20. The van der Waals surface area contributed by atoms with Crippen LogP contribution in [0.25, 0.3) is 0 Å². The molecule has 0 N–H and O–H groups in total. The number of hydrogen-bond acceptors (Lipinski definition) is 3. The van der Waals surface area contributed by atoms with E-state index in [2.05, 4.69) is 49.0 Å². The summed E-state index contributed by atoms with van der Waals surface area (Å²) >= 11 is 1.84. The van der Waals surface area contributed by atoms with Crippen LogP contribution in [0.3, 0.4) is 0 Å². The van der Waals surface area contributed by atoms with Crippen molar-refractivity contribution in [1.82, 2.24) is 9.88 Å². The number of piperidine rings is 1. The monoisotopic (exact) mass is 278 g/mol. The third-order valence-electron chi connectivity index (χ3n) is 3.62. The normalized spacial score (nSPS) is 20.9. The molecule has 0 spiro atoms. The van der Waals surface area contributed by atoms with E-state index in [1.807, 2.05) is 11.8 Å². The Kier molecular flexibility index (Phi) is 5.71. The van der Waals surface area contributed by atoms with Crippen molar-refractivity contribution < 1.29 is 0 Å². The molecule has 2 rings (SSSR count). The van der Waals surface area contributed by atoms with Crippen LogP contribution in [0, 0.1) is 0 Å². The van der Waals surface area contributed by atoms with Gasteiger partial charge in [-0.2, -0.15) is 0 Å². The molecular weight excluding hydrogens is 252 g/mol. The average molecular weight is 278 g/mol. The van der Waals surface area contributed by atoms with E-state index in [4.69, 9.17) is 0 Å². The van der Waals surface area contributed by atoms with Gasteiger partial charge in [-0.1, -0.05) is 33.3 Å². The summed E-state index contributed by atoms with van der Waals surface area (Å²) in [5.41, 5.74) is 1.40. The van der Waals surface area contributed by atoms with Gasteiger partial charge in [0.05, 0.1) is 5.03 Å². The molecule has 1 aromatic rings. The van der Waals surface area contributed by atoms with Crippen LogP contribution in [-0.2, 0) is 0 Å². The molecule has 106 valence electrons. The summed E-state index contributed by atoms with van der Waals surface area (Å²) in [4.78, 5) is 7.26. The van der Waals surface area contributed by atoms with Crippen LogP contribution in [0.2, 0.25) is 0 Å². The topological polar surface area (TPSA) is 16.1 Å². The highest BCUT2D eigenvalue weighted by atomic mass is 32.2. The number of pyridine rings is 1. The van der Waals surface area contributed by atoms with Crippen LogP contribution < -0.4 is 0 Å². The zero-order chi connectivity index (χ0) is 13.7. The summed E-state index contributed by atoms with van der Waals surface area (Å²) in [5.74, 6) is 0. The van der Waals surface area contributed by atoms with Crippen LogP contribution in [0.4, 0.5) is 0 Å². The molecule has 0 amide bonds. The minimum Gasteiger partial charge on any atom is -0.296 e. The smallest absolute Gasteiger partial charge is 0.0962 e. The van der Waals surface area contributed by atoms with Gasteiger partial charge in [0, 0.05) is 17.5 Å². The van der Waals surface area contributed by atoms with Crippen LogP contribution in [0.15, 0.2) is 23.4 Å². The summed E-state index contributed by atoms with van der Waals surface area (Å²) in [6.45, 7) is 9.16. The van der Waals surface area contributed by atoms with Crippen LogP contribution in [-0.4, -0.2) is 28.2 Å². The van der Waals surface area contributed by atoms with Crippen LogP contribution in [0.1, 0.15) is 58.1 Å². The SMILES string of the molecule is CCCN1CCCCC1c1ccc(SC(C)C)nc1. The fraction of sp³-hybridized carbons (Fsp3) is 0.688. The number of aromatic nitrogens is 1. The van der Waals surface area contributed by atoms with E-state index in [1.165, 1.54) is 44.3 Å². The molecule has 1 unspecified atom stereocenters. The molecule has 1 aromatic heterocycles. The van der Waals surface area contributed by atoms with E-state index in [0.29, 0.717) is 11.3 Å². The molecular formula is C16H26N2S. The van der Waals surface area contributed by atoms with E-state index in [0.717, 1.165) is 5.03 Å². The number of hydrogen-bond donors (Lipinski definition) is 0. The van der Waals surface area contributed by atoms with Gasteiger partial charge in [0.2, 0.25) is 0 Å². The maximum absolute atomic E-state index is 4.62. The lowest BCUT2D eigenvalue weighted by atomic mass is 9.96. The molecule has 0 aliphatic carbocycles. The number of likely N-dealkylation sites (tertiary alicyclic amines) is 1. The van der Waals surface area contributed by atoms with Gasteiger partial charge in [0.25, 0.3) is 0 Å².